The fourth-order valence-corrected chi connectivity index (χ4v) is 1.55. The second-order valence-electron chi connectivity index (χ2n) is 3.38. The lowest BCUT2D eigenvalue weighted by molar-refractivity contribution is -0.125. The van der Waals surface area contributed by atoms with E-state index in [-0.39, 0.29) is 11.7 Å². The molecule has 0 spiro atoms. The Balaban J connectivity index is 2.03. The molecule has 2 nitrogen and oxygen atoms in total. The number of carbonyl (C=O) groups is 1. The molecule has 1 fully saturated rings. The van der Waals surface area contributed by atoms with Gasteiger partial charge in [-0.1, -0.05) is 12.1 Å². The van der Waals surface area contributed by atoms with Crippen LogP contribution in [0.3, 0.4) is 0 Å². The minimum Gasteiger partial charge on any atom is -0.338 e. The monoisotopic (exact) mass is 192 g/mol. The standard InChI is InChI=1S/C11H11FNO/c12-10-5-3-9(4-6-10)8-13-7-1-2-11(13)14/h2-6H,1,7-8H2. The minimum absolute atomic E-state index is 0.0781. The Labute approximate surface area is 82.3 Å². The number of rotatable bonds is 2. The molecular formula is C11H11FNO. The van der Waals surface area contributed by atoms with Crippen LogP contribution in [-0.4, -0.2) is 17.4 Å². The van der Waals surface area contributed by atoms with Crippen LogP contribution in [0.1, 0.15) is 12.0 Å². The summed E-state index contributed by atoms with van der Waals surface area (Å²) in [6.07, 6.45) is 2.50. The van der Waals surface area contributed by atoms with E-state index in [9.17, 15) is 9.18 Å². The fourth-order valence-electron chi connectivity index (χ4n) is 1.55. The topological polar surface area (TPSA) is 20.3 Å². The summed E-state index contributed by atoms with van der Waals surface area (Å²) in [5, 5.41) is 0. The Morgan fingerprint density at radius 3 is 2.57 bits per heavy atom. The van der Waals surface area contributed by atoms with Gasteiger partial charge in [0.1, 0.15) is 5.82 Å². The van der Waals surface area contributed by atoms with Gasteiger partial charge in [-0.05, 0) is 24.1 Å². The van der Waals surface area contributed by atoms with Crippen LogP contribution in [0.5, 0.6) is 0 Å². The van der Waals surface area contributed by atoms with E-state index < -0.39 is 0 Å². The molecule has 1 heterocycles. The summed E-state index contributed by atoms with van der Waals surface area (Å²) in [5.74, 6) is -0.164. The van der Waals surface area contributed by atoms with Crippen LogP contribution in [0.25, 0.3) is 0 Å². The van der Waals surface area contributed by atoms with Crippen molar-refractivity contribution in [1.29, 1.82) is 0 Å². The molecular weight excluding hydrogens is 181 g/mol. The van der Waals surface area contributed by atoms with Crippen molar-refractivity contribution in [2.45, 2.75) is 13.0 Å². The van der Waals surface area contributed by atoms with Crippen molar-refractivity contribution in [3.63, 3.8) is 0 Å². The normalized spacial score (nSPS) is 16.4. The summed E-state index contributed by atoms with van der Waals surface area (Å²) in [6, 6.07) is 6.25. The second kappa shape index (κ2) is 3.78. The molecule has 14 heavy (non-hydrogen) atoms. The van der Waals surface area contributed by atoms with E-state index in [0.717, 1.165) is 18.5 Å². The molecule has 1 aliphatic rings. The molecule has 3 heteroatoms. The molecule has 0 N–H and O–H groups in total. The average Bonchev–Trinajstić information content (AvgIpc) is 2.56. The third-order valence-corrected chi connectivity index (χ3v) is 2.32. The number of halogens is 1. The molecule has 1 aliphatic heterocycles. The van der Waals surface area contributed by atoms with Crippen molar-refractivity contribution < 1.29 is 9.18 Å². The number of likely N-dealkylation sites (tertiary alicyclic amines) is 1. The largest absolute Gasteiger partial charge is 0.338 e. The number of hydrogen-bond donors (Lipinski definition) is 0. The van der Waals surface area contributed by atoms with Gasteiger partial charge in [0.15, 0.2) is 0 Å². The van der Waals surface area contributed by atoms with Gasteiger partial charge in [-0.25, -0.2) is 4.39 Å². The van der Waals surface area contributed by atoms with Gasteiger partial charge in [-0.2, -0.15) is 0 Å². The van der Waals surface area contributed by atoms with Crippen molar-refractivity contribution in [3.8, 4) is 0 Å². The molecule has 0 unspecified atom stereocenters. The Kier molecular flexibility index (Phi) is 2.48. The second-order valence-corrected chi connectivity index (χ2v) is 3.38. The zero-order valence-corrected chi connectivity index (χ0v) is 7.74. The highest BCUT2D eigenvalue weighted by atomic mass is 19.1. The first kappa shape index (κ1) is 9.19. The predicted octanol–water partition coefficient (Wildman–Crippen LogP) is 1.76. The van der Waals surface area contributed by atoms with E-state index in [1.54, 1.807) is 23.5 Å². The maximum atomic E-state index is 12.6. The highest BCUT2D eigenvalue weighted by Crippen LogP contribution is 2.13. The molecule has 73 valence electrons. The van der Waals surface area contributed by atoms with Crippen LogP contribution in [-0.2, 0) is 11.3 Å². The number of carbonyl (C=O) groups excluding carboxylic acids is 1. The van der Waals surface area contributed by atoms with E-state index in [1.165, 1.54) is 12.1 Å². The van der Waals surface area contributed by atoms with Gasteiger partial charge < -0.3 is 4.90 Å². The maximum Gasteiger partial charge on any atom is 0.226 e. The van der Waals surface area contributed by atoms with Crippen molar-refractivity contribution in [2.24, 2.45) is 0 Å². The van der Waals surface area contributed by atoms with E-state index in [0.29, 0.717) is 6.54 Å². The van der Waals surface area contributed by atoms with Gasteiger partial charge in [0.05, 0.1) is 6.42 Å². The molecule has 2 rings (SSSR count). The van der Waals surface area contributed by atoms with Gasteiger partial charge in [0.25, 0.3) is 0 Å². The Morgan fingerprint density at radius 2 is 2.00 bits per heavy atom. The first-order chi connectivity index (χ1) is 6.75. The van der Waals surface area contributed by atoms with Crippen LogP contribution in [0, 0.1) is 12.2 Å². The average molecular weight is 192 g/mol. The van der Waals surface area contributed by atoms with Crippen LogP contribution >= 0.6 is 0 Å². The SMILES string of the molecule is O=C1[CH]CCN1Cc1ccc(F)cc1. The number of hydrogen-bond acceptors (Lipinski definition) is 1. The molecule has 0 atom stereocenters. The van der Waals surface area contributed by atoms with E-state index >= 15 is 0 Å². The lowest BCUT2D eigenvalue weighted by atomic mass is 10.2. The van der Waals surface area contributed by atoms with E-state index in [1.807, 2.05) is 0 Å². The molecule has 1 radical (unpaired) electrons. The van der Waals surface area contributed by atoms with Crippen molar-refractivity contribution >= 4 is 5.91 Å². The molecule has 0 aromatic heterocycles. The first-order valence-electron chi connectivity index (χ1n) is 4.62. The Hall–Kier alpha value is -1.38. The smallest absolute Gasteiger partial charge is 0.226 e. The Bertz CT molecular complexity index is 334. The summed E-state index contributed by atoms with van der Waals surface area (Å²) in [7, 11) is 0. The lowest BCUT2D eigenvalue weighted by Crippen LogP contribution is -2.23. The number of nitrogens with zero attached hydrogens (tertiary/aromatic N) is 1. The van der Waals surface area contributed by atoms with E-state index in [2.05, 4.69) is 0 Å². The van der Waals surface area contributed by atoms with Crippen LogP contribution in [0.2, 0.25) is 0 Å². The number of amides is 1. The van der Waals surface area contributed by atoms with Crippen LogP contribution < -0.4 is 0 Å². The zero-order chi connectivity index (χ0) is 9.97. The number of benzene rings is 1. The van der Waals surface area contributed by atoms with E-state index in [4.69, 9.17) is 0 Å². The van der Waals surface area contributed by atoms with Crippen LogP contribution in [0.15, 0.2) is 24.3 Å². The van der Waals surface area contributed by atoms with Crippen molar-refractivity contribution in [3.05, 3.63) is 42.1 Å². The van der Waals surface area contributed by atoms with Crippen molar-refractivity contribution in [1.82, 2.24) is 4.90 Å². The molecule has 0 bridgehead atoms. The fraction of sp³-hybridized carbons (Fsp3) is 0.273. The quantitative estimate of drug-likeness (QED) is 0.699. The molecule has 1 amide bonds. The van der Waals surface area contributed by atoms with Crippen molar-refractivity contribution in [2.75, 3.05) is 6.54 Å². The summed E-state index contributed by atoms with van der Waals surface area (Å²) in [4.78, 5) is 13.0. The van der Waals surface area contributed by atoms with Gasteiger partial charge in [-0.3, -0.25) is 4.79 Å². The van der Waals surface area contributed by atoms with Gasteiger partial charge >= 0.3 is 0 Å². The van der Waals surface area contributed by atoms with Gasteiger partial charge in [0.2, 0.25) is 5.91 Å². The summed E-state index contributed by atoms with van der Waals surface area (Å²) >= 11 is 0. The summed E-state index contributed by atoms with van der Waals surface area (Å²) in [6.45, 7) is 1.35. The highest BCUT2D eigenvalue weighted by molar-refractivity contribution is 5.86. The minimum atomic E-state index is -0.243. The molecule has 1 saturated heterocycles. The maximum absolute atomic E-state index is 12.6. The highest BCUT2D eigenvalue weighted by Gasteiger charge is 2.20. The van der Waals surface area contributed by atoms with Gasteiger partial charge in [-0.15, -0.1) is 0 Å². The predicted molar refractivity (Wildman–Crippen MR) is 50.7 cm³/mol. The van der Waals surface area contributed by atoms with Crippen LogP contribution in [0.4, 0.5) is 4.39 Å². The van der Waals surface area contributed by atoms with Gasteiger partial charge in [0, 0.05) is 13.1 Å². The summed E-state index contributed by atoms with van der Waals surface area (Å²) in [5.41, 5.74) is 0.968. The lowest BCUT2D eigenvalue weighted by Gasteiger charge is -2.14. The molecule has 1 aromatic rings. The summed E-state index contributed by atoms with van der Waals surface area (Å²) < 4.78 is 12.6. The Morgan fingerprint density at radius 1 is 1.29 bits per heavy atom. The molecule has 1 aromatic carbocycles. The molecule has 0 aliphatic carbocycles. The third kappa shape index (κ3) is 1.92. The molecule has 0 saturated carbocycles. The first-order valence-corrected chi connectivity index (χ1v) is 4.62. The third-order valence-electron chi connectivity index (χ3n) is 2.32. The zero-order valence-electron chi connectivity index (χ0n) is 7.74.